The van der Waals surface area contributed by atoms with E-state index in [4.69, 9.17) is 12.2 Å². The molecule has 0 aliphatic rings. The summed E-state index contributed by atoms with van der Waals surface area (Å²) in [5.41, 5.74) is 3.00. The maximum absolute atomic E-state index is 9.98. The lowest BCUT2D eigenvalue weighted by atomic mass is 10.0. The molecule has 4 nitrogen and oxygen atoms in total. The normalized spacial score (nSPS) is 12.6. The summed E-state index contributed by atoms with van der Waals surface area (Å²) in [4.78, 5) is 5.74. The molecule has 0 saturated carbocycles. The Bertz CT molecular complexity index is 571. The summed E-state index contributed by atoms with van der Waals surface area (Å²) in [7, 11) is 0. The molecule has 0 fully saturated rings. The van der Waals surface area contributed by atoms with Gasteiger partial charge in [-0.25, -0.2) is 0 Å². The summed E-state index contributed by atoms with van der Waals surface area (Å²) < 4.78 is 0.523. The van der Waals surface area contributed by atoms with Gasteiger partial charge in [0.05, 0.1) is 5.69 Å². The lowest BCUT2D eigenvalue weighted by Crippen LogP contribution is -2.12. The second kappa shape index (κ2) is 6.04. The fraction of sp³-hybridized carbons (Fsp3) is 0.357. The number of aliphatic hydroxyl groups is 1. The number of aromatic nitrogens is 2. The molecule has 1 heterocycles. The van der Waals surface area contributed by atoms with Crippen LogP contribution < -0.4 is 5.32 Å². The third kappa shape index (κ3) is 3.68. The molecule has 0 aliphatic carbocycles. The van der Waals surface area contributed by atoms with Gasteiger partial charge in [-0.3, -0.25) is 0 Å². The minimum absolute atomic E-state index is 0.435. The van der Waals surface area contributed by atoms with Crippen molar-refractivity contribution in [2.24, 2.45) is 0 Å². The Balaban J connectivity index is 1.93. The quantitative estimate of drug-likeness (QED) is 0.634. The molecule has 2 aromatic rings. The predicted molar refractivity (Wildman–Crippen MR) is 80.0 cm³/mol. The van der Waals surface area contributed by atoms with Gasteiger partial charge in [-0.05, 0) is 35.8 Å². The molecule has 1 aromatic carbocycles. The summed E-state index contributed by atoms with van der Waals surface area (Å²) >= 11 is 4.93. The number of hydrogen-bond donors (Lipinski definition) is 4. The number of hydrogen-bond acceptors (Lipinski definition) is 3. The van der Waals surface area contributed by atoms with Gasteiger partial charge >= 0.3 is 0 Å². The van der Waals surface area contributed by atoms with Gasteiger partial charge in [0, 0.05) is 18.4 Å². The standard InChI is InChI=1S/C14H19N3OS/c1-9(2)10-3-5-11(6-4-10)15-8-13(18)12-7-16-14(19)17-12/h3-7,9,13,15,18H,8H2,1-2H3,(H2,16,17,19). The molecule has 1 unspecified atom stereocenters. The molecule has 2 rings (SSSR count). The summed E-state index contributed by atoms with van der Waals surface area (Å²) in [6.45, 7) is 4.77. The van der Waals surface area contributed by atoms with Crippen molar-refractivity contribution >= 4 is 17.9 Å². The van der Waals surface area contributed by atoms with E-state index in [0.29, 0.717) is 22.9 Å². The van der Waals surface area contributed by atoms with Crippen molar-refractivity contribution in [3.63, 3.8) is 0 Å². The first-order chi connectivity index (χ1) is 9.06. The Morgan fingerprint density at radius 2 is 1.95 bits per heavy atom. The highest BCUT2D eigenvalue weighted by Crippen LogP contribution is 2.18. The second-order valence-electron chi connectivity index (χ2n) is 4.87. The third-order valence-electron chi connectivity index (χ3n) is 3.05. The number of H-pyrrole nitrogens is 2. The van der Waals surface area contributed by atoms with Crippen LogP contribution in [-0.2, 0) is 0 Å². The molecule has 4 N–H and O–H groups in total. The van der Waals surface area contributed by atoms with E-state index in [9.17, 15) is 5.11 Å². The zero-order chi connectivity index (χ0) is 13.8. The number of imidazole rings is 1. The molecule has 0 spiro atoms. The number of nitrogens with one attached hydrogen (secondary N) is 3. The van der Waals surface area contributed by atoms with Gasteiger partial charge < -0.3 is 20.4 Å². The smallest absolute Gasteiger partial charge is 0.174 e. The average Bonchev–Trinajstić information content (AvgIpc) is 2.83. The van der Waals surface area contributed by atoms with E-state index >= 15 is 0 Å². The van der Waals surface area contributed by atoms with Gasteiger partial charge in [-0.15, -0.1) is 0 Å². The number of benzene rings is 1. The van der Waals surface area contributed by atoms with Gasteiger partial charge in [0.15, 0.2) is 4.77 Å². The molecule has 1 aromatic heterocycles. The van der Waals surface area contributed by atoms with Crippen LogP contribution >= 0.6 is 12.2 Å². The average molecular weight is 277 g/mol. The molecule has 19 heavy (non-hydrogen) atoms. The first-order valence-electron chi connectivity index (χ1n) is 6.35. The largest absolute Gasteiger partial charge is 0.385 e. The van der Waals surface area contributed by atoms with Crippen molar-refractivity contribution in [2.75, 3.05) is 11.9 Å². The highest BCUT2D eigenvalue weighted by Gasteiger charge is 2.08. The molecular weight excluding hydrogens is 258 g/mol. The Labute approximate surface area is 117 Å². The second-order valence-corrected chi connectivity index (χ2v) is 5.28. The highest BCUT2D eigenvalue weighted by molar-refractivity contribution is 7.71. The number of anilines is 1. The zero-order valence-corrected chi connectivity index (χ0v) is 11.9. The fourth-order valence-corrected chi connectivity index (χ4v) is 2.01. The maximum atomic E-state index is 9.98. The molecule has 102 valence electrons. The first-order valence-corrected chi connectivity index (χ1v) is 6.76. The summed E-state index contributed by atoms with van der Waals surface area (Å²) in [5, 5.41) is 13.2. The zero-order valence-electron chi connectivity index (χ0n) is 11.1. The van der Waals surface area contributed by atoms with Gasteiger partial charge in [-0.1, -0.05) is 26.0 Å². The van der Waals surface area contributed by atoms with Crippen LogP contribution in [0.3, 0.4) is 0 Å². The van der Waals surface area contributed by atoms with Crippen molar-refractivity contribution < 1.29 is 5.11 Å². The molecule has 5 heteroatoms. The Morgan fingerprint density at radius 1 is 1.26 bits per heavy atom. The molecular formula is C14H19N3OS. The highest BCUT2D eigenvalue weighted by atomic mass is 32.1. The lowest BCUT2D eigenvalue weighted by molar-refractivity contribution is 0.187. The van der Waals surface area contributed by atoms with Crippen LogP contribution in [0.25, 0.3) is 0 Å². The van der Waals surface area contributed by atoms with Crippen LogP contribution in [0, 0.1) is 4.77 Å². The maximum Gasteiger partial charge on any atom is 0.174 e. The molecule has 1 atom stereocenters. The summed E-state index contributed by atoms with van der Waals surface area (Å²) in [6, 6.07) is 8.26. The number of aliphatic hydroxyl groups excluding tert-OH is 1. The molecule has 0 aliphatic heterocycles. The molecule has 0 saturated heterocycles. The van der Waals surface area contributed by atoms with E-state index in [2.05, 4.69) is 41.3 Å². The van der Waals surface area contributed by atoms with Crippen LogP contribution in [0.15, 0.2) is 30.5 Å². The van der Waals surface area contributed by atoms with E-state index in [1.807, 2.05) is 12.1 Å². The van der Waals surface area contributed by atoms with Gasteiger partial charge in [0.25, 0.3) is 0 Å². The fourth-order valence-electron chi connectivity index (χ4n) is 1.84. The number of aromatic amines is 2. The molecule has 0 radical (unpaired) electrons. The van der Waals surface area contributed by atoms with E-state index in [1.165, 1.54) is 5.56 Å². The minimum Gasteiger partial charge on any atom is -0.385 e. The number of rotatable bonds is 5. The Hall–Kier alpha value is -1.59. The van der Waals surface area contributed by atoms with Crippen molar-refractivity contribution in [2.45, 2.75) is 25.9 Å². The van der Waals surface area contributed by atoms with Crippen LogP contribution in [0.1, 0.15) is 37.1 Å². The van der Waals surface area contributed by atoms with Crippen molar-refractivity contribution in [3.8, 4) is 0 Å². The van der Waals surface area contributed by atoms with Gasteiger partial charge in [0.1, 0.15) is 6.10 Å². The molecule has 0 bridgehead atoms. The van der Waals surface area contributed by atoms with Crippen molar-refractivity contribution in [3.05, 3.63) is 46.5 Å². The SMILES string of the molecule is CC(C)c1ccc(NCC(O)c2c[nH]c(=S)[nH]2)cc1. The van der Waals surface area contributed by atoms with Crippen LogP contribution in [-0.4, -0.2) is 21.6 Å². The van der Waals surface area contributed by atoms with Crippen LogP contribution in [0.4, 0.5) is 5.69 Å². The third-order valence-corrected chi connectivity index (χ3v) is 3.27. The summed E-state index contributed by atoms with van der Waals surface area (Å²) in [6.07, 6.45) is 1.08. The minimum atomic E-state index is -0.613. The van der Waals surface area contributed by atoms with Crippen molar-refractivity contribution in [1.29, 1.82) is 0 Å². The van der Waals surface area contributed by atoms with E-state index < -0.39 is 6.10 Å². The monoisotopic (exact) mass is 277 g/mol. The van der Waals surface area contributed by atoms with Crippen LogP contribution in [0.5, 0.6) is 0 Å². The lowest BCUT2D eigenvalue weighted by Gasteiger charge is -2.12. The van der Waals surface area contributed by atoms with Gasteiger partial charge in [-0.2, -0.15) is 0 Å². The topological polar surface area (TPSA) is 63.8 Å². The first kappa shape index (κ1) is 13.8. The predicted octanol–water partition coefficient (Wildman–Crippen LogP) is 3.34. The van der Waals surface area contributed by atoms with E-state index in [0.717, 1.165) is 5.69 Å². The molecule has 0 amide bonds. The summed E-state index contributed by atoms with van der Waals surface area (Å²) in [5.74, 6) is 0.527. The van der Waals surface area contributed by atoms with Crippen molar-refractivity contribution in [1.82, 2.24) is 9.97 Å². The Kier molecular flexibility index (Phi) is 4.39. The Morgan fingerprint density at radius 3 is 2.47 bits per heavy atom. The van der Waals surface area contributed by atoms with Crippen LogP contribution in [0.2, 0.25) is 0 Å². The van der Waals surface area contributed by atoms with Gasteiger partial charge in [0.2, 0.25) is 0 Å². The van der Waals surface area contributed by atoms with E-state index in [1.54, 1.807) is 6.20 Å². The van der Waals surface area contributed by atoms with E-state index in [-0.39, 0.29) is 0 Å².